The third kappa shape index (κ3) is 6.05. The molecular formula is C18H23Cl2N3O3. The van der Waals surface area contributed by atoms with Crippen LogP contribution in [0.25, 0.3) is 0 Å². The first kappa shape index (κ1) is 22.0. The number of aromatic nitrogens is 1. The maximum Gasteiger partial charge on any atom is 0.228 e. The summed E-state index contributed by atoms with van der Waals surface area (Å²) in [5.41, 5.74) is 0.674. The number of nitrogens with one attached hydrogen (secondary N) is 2. The van der Waals surface area contributed by atoms with E-state index in [2.05, 4.69) is 15.6 Å². The van der Waals surface area contributed by atoms with Crippen LogP contribution in [0.5, 0.6) is 17.4 Å². The van der Waals surface area contributed by atoms with Crippen LogP contribution in [0.2, 0.25) is 0 Å². The number of benzene rings is 1. The summed E-state index contributed by atoms with van der Waals surface area (Å²) in [5.74, 6) is 1.97. The second kappa shape index (κ2) is 10.9. The van der Waals surface area contributed by atoms with Crippen molar-refractivity contribution in [3.05, 3.63) is 42.6 Å². The number of pyridine rings is 1. The minimum Gasteiger partial charge on any atom is -0.497 e. The van der Waals surface area contributed by atoms with E-state index < -0.39 is 0 Å². The van der Waals surface area contributed by atoms with Crippen molar-refractivity contribution in [2.75, 3.05) is 25.5 Å². The van der Waals surface area contributed by atoms with E-state index in [9.17, 15) is 4.79 Å². The fourth-order valence-electron chi connectivity index (χ4n) is 2.60. The number of carbonyl (C=O) groups is 1. The van der Waals surface area contributed by atoms with Gasteiger partial charge in [0.25, 0.3) is 0 Å². The minimum atomic E-state index is 0. The Balaban J connectivity index is 0.00000169. The molecule has 6 nitrogen and oxygen atoms in total. The zero-order chi connectivity index (χ0) is 16.8. The van der Waals surface area contributed by atoms with Crippen LogP contribution < -0.4 is 20.1 Å². The molecule has 2 heterocycles. The monoisotopic (exact) mass is 399 g/mol. The van der Waals surface area contributed by atoms with Gasteiger partial charge in [-0.05, 0) is 49.7 Å². The highest BCUT2D eigenvalue weighted by molar-refractivity contribution is 5.92. The number of hydrogen-bond acceptors (Lipinski definition) is 5. The molecule has 1 aromatic carbocycles. The Kier molecular flexibility index (Phi) is 9.19. The minimum absolute atomic E-state index is 0. The molecule has 1 amide bonds. The van der Waals surface area contributed by atoms with E-state index in [0.29, 0.717) is 17.3 Å². The summed E-state index contributed by atoms with van der Waals surface area (Å²) in [5, 5.41) is 6.14. The Hall–Kier alpha value is -2.02. The SMILES string of the molecule is COc1ccc(Oc2ccc(NC(=O)C3CCCNC3)cn2)cc1.Cl.Cl. The van der Waals surface area contributed by atoms with E-state index in [-0.39, 0.29) is 36.6 Å². The van der Waals surface area contributed by atoms with Gasteiger partial charge in [0.1, 0.15) is 11.5 Å². The van der Waals surface area contributed by atoms with Crippen molar-refractivity contribution in [1.82, 2.24) is 10.3 Å². The molecule has 1 atom stereocenters. The van der Waals surface area contributed by atoms with Gasteiger partial charge in [0, 0.05) is 12.6 Å². The Bertz CT molecular complexity index is 675. The smallest absolute Gasteiger partial charge is 0.228 e. The van der Waals surface area contributed by atoms with Crippen LogP contribution in [0.15, 0.2) is 42.6 Å². The number of nitrogens with zero attached hydrogens (tertiary/aromatic N) is 1. The summed E-state index contributed by atoms with van der Waals surface area (Å²) >= 11 is 0. The van der Waals surface area contributed by atoms with Gasteiger partial charge in [0.15, 0.2) is 0 Å². The number of amides is 1. The molecule has 2 aromatic rings. The molecule has 1 fully saturated rings. The fourth-order valence-corrected chi connectivity index (χ4v) is 2.60. The topological polar surface area (TPSA) is 72.5 Å². The van der Waals surface area contributed by atoms with Gasteiger partial charge in [-0.15, -0.1) is 24.8 Å². The molecule has 0 bridgehead atoms. The van der Waals surface area contributed by atoms with Crippen LogP contribution in [-0.2, 0) is 4.79 Å². The molecule has 0 saturated carbocycles. The van der Waals surface area contributed by atoms with Crippen LogP contribution in [0.1, 0.15) is 12.8 Å². The lowest BCUT2D eigenvalue weighted by Gasteiger charge is -2.21. The second-order valence-electron chi connectivity index (χ2n) is 5.70. The van der Waals surface area contributed by atoms with Gasteiger partial charge in [-0.1, -0.05) is 0 Å². The first-order chi connectivity index (χ1) is 11.7. The van der Waals surface area contributed by atoms with E-state index in [4.69, 9.17) is 9.47 Å². The van der Waals surface area contributed by atoms with E-state index >= 15 is 0 Å². The van der Waals surface area contributed by atoms with Crippen LogP contribution in [-0.4, -0.2) is 31.1 Å². The molecule has 1 unspecified atom stereocenters. The van der Waals surface area contributed by atoms with E-state index in [0.717, 1.165) is 31.7 Å². The molecule has 8 heteroatoms. The predicted molar refractivity (Wildman–Crippen MR) is 106 cm³/mol. The molecule has 142 valence electrons. The molecule has 3 rings (SSSR count). The van der Waals surface area contributed by atoms with Crippen molar-refractivity contribution in [2.45, 2.75) is 12.8 Å². The molecule has 1 saturated heterocycles. The second-order valence-corrected chi connectivity index (χ2v) is 5.70. The lowest BCUT2D eigenvalue weighted by atomic mass is 9.99. The fraction of sp³-hybridized carbons (Fsp3) is 0.333. The summed E-state index contributed by atoms with van der Waals surface area (Å²) in [4.78, 5) is 16.4. The Labute approximate surface area is 165 Å². The average Bonchev–Trinajstić information content (AvgIpc) is 2.65. The normalized spacial score (nSPS) is 15.8. The van der Waals surface area contributed by atoms with Crippen LogP contribution in [0.4, 0.5) is 5.69 Å². The number of carbonyl (C=O) groups excluding carboxylic acids is 1. The largest absolute Gasteiger partial charge is 0.497 e. The van der Waals surface area contributed by atoms with Gasteiger partial charge in [-0.3, -0.25) is 4.79 Å². The van der Waals surface area contributed by atoms with Crippen LogP contribution >= 0.6 is 24.8 Å². The lowest BCUT2D eigenvalue weighted by molar-refractivity contribution is -0.120. The number of rotatable bonds is 5. The van der Waals surface area contributed by atoms with Gasteiger partial charge in [-0.2, -0.15) is 0 Å². The molecule has 0 radical (unpaired) electrons. The summed E-state index contributed by atoms with van der Waals surface area (Å²) in [6.07, 6.45) is 3.56. The van der Waals surface area contributed by atoms with E-state index in [1.165, 1.54) is 0 Å². The Morgan fingerprint density at radius 2 is 1.88 bits per heavy atom. The Morgan fingerprint density at radius 3 is 2.46 bits per heavy atom. The molecule has 1 aromatic heterocycles. The zero-order valence-corrected chi connectivity index (χ0v) is 16.1. The summed E-state index contributed by atoms with van der Waals surface area (Å²) in [7, 11) is 1.62. The quantitative estimate of drug-likeness (QED) is 0.802. The summed E-state index contributed by atoms with van der Waals surface area (Å²) in [6, 6.07) is 10.8. The highest BCUT2D eigenvalue weighted by atomic mass is 35.5. The van der Waals surface area contributed by atoms with Crippen molar-refractivity contribution >= 4 is 36.4 Å². The van der Waals surface area contributed by atoms with Crippen molar-refractivity contribution in [3.8, 4) is 17.4 Å². The van der Waals surface area contributed by atoms with Crippen molar-refractivity contribution in [2.24, 2.45) is 5.92 Å². The Morgan fingerprint density at radius 1 is 1.15 bits per heavy atom. The van der Waals surface area contributed by atoms with Gasteiger partial charge in [0.05, 0.1) is 24.9 Å². The van der Waals surface area contributed by atoms with Gasteiger partial charge < -0.3 is 20.1 Å². The average molecular weight is 400 g/mol. The van der Waals surface area contributed by atoms with Crippen molar-refractivity contribution < 1.29 is 14.3 Å². The number of ether oxygens (including phenoxy) is 2. The lowest BCUT2D eigenvalue weighted by Crippen LogP contribution is -2.37. The van der Waals surface area contributed by atoms with E-state index in [1.54, 1.807) is 25.4 Å². The number of hydrogen-bond donors (Lipinski definition) is 2. The molecule has 0 spiro atoms. The molecule has 2 N–H and O–H groups in total. The molecule has 26 heavy (non-hydrogen) atoms. The number of piperidine rings is 1. The maximum atomic E-state index is 12.2. The van der Waals surface area contributed by atoms with Gasteiger partial charge >= 0.3 is 0 Å². The van der Waals surface area contributed by atoms with Crippen molar-refractivity contribution in [3.63, 3.8) is 0 Å². The predicted octanol–water partition coefficient (Wildman–Crippen LogP) is 3.66. The summed E-state index contributed by atoms with van der Waals surface area (Å²) in [6.45, 7) is 1.72. The highest BCUT2D eigenvalue weighted by Gasteiger charge is 2.20. The van der Waals surface area contributed by atoms with Crippen LogP contribution in [0.3, 0.4) is 0 Å². The van der Waals surface area contributed by atoms with Gasteiger partial charge in [0.2, 0.25) is 11.8 Å². The highest BCUT2D eigenvalue weighted by Crippen LogP contribution is 2.23. The molecule has 1 aliphatic rings. The third-order valence-corrected chi connectivity index (χ3v) is 3.95. The number of halogens is 2. The van der Waals surface area contributed by atoms with E-state index in [1.807, 2.05) is 24.3 Å². The molecular weight excluding hydrogens is 377 g/mol. The third-order valence-electron chi connectivity index (χ3n) is 3.95. The molecule has 0 aliphatic carbocycles. The number of methoxy groups -OCH3 is 1. The maximum absolute atomic E-state index is 12.2. The van der Waals surface area contributed by atoms with Crippen LogP contribution in [0, 0.1) is 5.92 Å². The number of anilines is 1. The zero-order valence-electron chi connectivity index (χ0n) is 14.4. The van der Waals surface area contributed by atoms with Gasteiger partial charge in [-0.25, -0.2) is 4.98 Å². The first-order valence-corrected chi connectivity index (χ1v) is 8.04. The summed E-state index contributed by atoms with van der Waals surface area (Å²) < 4.78 is 10.8. The standard InChI is InChI=1S/C18H21N3O3.2ClH/c1-23-15-5-7-16(8-6-15)24-17-9-4-14(12-20-17)21-18(22)13-3-2-10-19-11-13;;/h4-9,12-13,19H,2-3,10-11H2,1H3,(H,21,22);2*1H. The first-order valence-electron chi connectivity index (χ1n) is 8.04. The molecule has 1 aliphatic heterocycles. The van der Waals surface area contributed by atoms with Crippen molar-refractivity contribution in [1.29, 1.82) is 0 Å².